The van der Waals surface area contributed by atoms with E-state index in [1.807, 2.05) is 18.2 Å². The molecule has 5 heteroatoms. The number of para-hydroxylation sites is 1. The van der Waals surface area contributed by atoms with Crippen molar-refractivity contribution in [2.24, 2.45) is 5.92 Å². The lowest BCUT2D eigenvalue weighted by Crippen LogP contribution is -2.31. The Morgan fingerprint density at radius 1 is 1.29 bits per heavy atom. The highest BCUT2D eigenvalue weighted by molar-refractivity contribution is 9.11. The Morgan fingerprint density at radius 3 is 2.53 bits per heavy atom. The van der Waals surface area contributed by atoms with E-state index in [4.69, 9.17) is 0 Å². The van der Waals surface area contributed by atoms with E-state index < -0.39 is 0 Å². The minimum atomic E-state index is 0.0413. The van der Waals surface area contributed by atoms with Crippen LogP contribution in [0.25, 0.3) is 0 Å². The lowest BCUT2D eigenvalue weighted by molar-refractivity contribution is -0.119. The Bertz CT molecular complexity index is 399. The van der Waals surface area contributed by atoms with Gasteiger partial charge in [-0.25, -0.2) is 0 Å². The molecule has 0 saturated heterocycles. The van der Waals surface area contributed by atoms with Gasteiger partial charge in [0.05, 0.1) is 12.2 Å². The van der Waals surface area contributed by atoms with Crippen molar-refractivity contribution >= 4 is 43.5 Å². The molecule has 1 amide bonds. The standard InChI is InChI=1S/C12H14Br2N2O/c13-9-2-1-3-10(14)12(9)16-7-11(17)15-6-8-4-5-8/h1-3,8,16H,4-7H2,(H,15,17). The molecule has 0 aliphatic heterocycles. The van der Waals surface area contributed by atoms with Gasteiger partial charge in [0.1, 0.15) is 0 Å². The maximum absolute atomic E-state index is 11.6. The van der Waals surface area contributed by atoms with Gasteiger partial charge in [0.25, 0.3) is 0 Å². The Hall–Kier alpha value is -0.550. The molecule has 0 bridgehead atoms. The highest BCUT2D eigenvalue weighted by Gasteiger charge is 2.21. The molecular formula is C12H14Br2N2O. The van der Waals surface area contributed by atoms with Crippen molar-refractivity contribution < 1.29 is 4.79 Å². The zero-order valence-electron chi connectivity index (χ0n) is 9.30. The molecule has 0 unspecified atom stereocenters. The monoisotopic (exact) mass is 360 g/mol. The zero-order chi connectivity index (χ0) is 12.3. The van der Waals surface area contributed by atoms with Crippen LogP contribution in [0.4, 0.5) is 5.69 Å². The lowest BCUT2D eigenvalue weighted by Gasteiger charge is -2.10. The molecule has 1 aliphatic carbocycles. The fourth-order valence-corrected chi connectivity index (χ4v) is 2.76. The third-order valence-electron chi connectivity index (χ3n) is 2.67. The van der Waals surface area contributed by atoms with Gasteiger partial charge in [-0.05, 0) is 62.8 Å². The Labute approximate surface area is 118 Å². The number of benzene rings is 1. The van der Waals surface area contributed by atoms with E-state index in [2.05, 4.69) is 42.5 Å². The predicted octanol–water partition coefficient (Wildman–Crippen LogP) is 3.15. The summed E-state index contributed by atoms with van der Waals surface area (Å²) in [7, 11) is 0. The maximum Gasteiger partial charge on any atom is 0.239 e. The molecule has 1 aromatic carbocycles. The van der Waals surface area contributed by atoms with E-state index in [-0.39, 0.29) is 5.91 Å². The number of hydrogen-bond donors (Lipinski definition) is 2. The van der Waals surface area contributed by atoms with Crippen LogP contribution in [-0.2, 0) is 4.79 Å². The quantitative estimate of drug-likeness (QED) is 0.845. The van der Waals surface area contributed by atoms with E-state index in [0.717, 1.165) is 21.2 Å². The molecule has 0 radical (unpaired) electrons. The third-order valence-corrected chi connectivity index (χ3v) is 3.99. The molecule has 1 saturated carbocycles. The summed E-state index contributed by atoms with van der Waals surface area (Å²) in [6.07, 6.45) is 2.51. The van der Waals surface area contributed by atoms with Gasteiger partial charge in [-0.2, -0.15) is 0 Å². The van der Waals surface area contributed by atoms with Crippen LogP contribution in [0, 0.1) is 5.92 Å². The summed E-state index contributed by atoms with van der Waals surface area (Å²) in [4.78, 5) is 11.6. The van der Waals surface area contributed by atoms with Crippen LogP contribution in [-0.4, -0.2) is 19.0 Å². The summed E-state index contributed by atoms with van der Waals surface area (Å²) in [5, 5.41) is 6.04. The summed E-state index contributed by atoms with van der Waals surface area (Å²) in [6.45, 7) is 1.12. The molecule has 0 heterocycles. The summed E-state index contributed by atoms with van der Waals surface area (Å²) in [6, 6.07) is 5.82. The largest absolute Gasteiger partial charge is 0.374 e. The molecule has 0 aromatic heterocycles. The van der Waals surface area contributed by atoms with Crippen molar-refractivity contribution in [2.45, 2.75) is 12.8 Å². The molecule has 2 rings (SSSR count). The molecule has 3 nitrogen and oxygen atoms in total. The van der Waals surface area contributed by atoms with Crippen molar-refractivity contribution in [2.75, 3.05) is 18.4 Å². The molecule has 1 aromatic rings. The number of carbonyl (C=O) groups excluding carboxylic acids is 1. The Kier molecular flexibility index (Phi) is 4.45. The first-order chi connectivity index (χ1) is 8.16. The molecule has 0 atom stereocenters. The van der Waals surface area contributed by atoms with Gasteiger partial charge in [0, 0.05) is 15.5 Å². The number of nitrogens with one attached hydrogen (secondary N) is 2. The number of halogens is 2. The second kappa shape index (κ2) is 5.87. The molecular weight excluding hydrogens is 348 g/mol. The average molecular weight is 362 g/mol. The highest BCUT2D eigenvalue weighted by atomic mass is 79.9. The first-order valence-corrected chi connectivity index (χ1v) is 7.20. The zero-order valence-corrected chi connectivity index (χ0v) is 12.5. The van der Waals surface area contributed by atoms with Crippen LogP contribution in [0.15, 0.2) is 27.1 Å². The molecule has 2 N–H and O–H groups in total. The van der Waals surface area contributed by atoms with Crippen molar-refractivity contribution in [3.05, 3.63) is 27.1 Å². The van der Waals surface area contributed by atoms with Gasteiger partial charge in [-0.3, -0.25) is 4.79 Å². The van der Waals surface area contributed by atoms with Crippen molar-refractivity contribution in [1.29, 1.82) is 0 Å². The molecule has 1 aliphatic rings. The van der Waals surface area contributed by atoms with Gasteiger partial charge in [0.15, 0.2) is 0 Å². The SMILES string of the molecule is O=C(CNc1c(Br)cccc1Br)NCC1CC1. The summed E-state index contributed by atoms with van der Waals surface area (Å²) in [5.41, 5.74) is 0.911. The minimum Gasteiger partial charge on any atom is -0.374 e. The van der Waals surface area contributed by atoms with E-state index in [1.54, 1.807) is 0 Å². The highest BCUT2D eigenvalue weighted by Crippen LogP contribution is 2.30. The average Bonchev–Trinajstić information content (AvgIpc) is 3.09. The second-order valence-electron chi connectivity index (χ2n) is 4.20. The van der Waals surface area contributed by atoms with E-state index >= 15 is 0 Å². The van der Waals surface area contributed by atoms with Crippen LogP contribution < -0.4 is 10.6 Å². The van der Waals surface area contributed by atoms with Crippen molar-refractivity contribution in [3.63, 3.8) is 0 Å². The molecule has 17 heavy (non-hydrogen) atoms. The summed E-state index contributed by atoms with van der Waals surface area (Å²) >= 11 is 6.89. The minimum absolute atomic E-state index is 0.0413. The van der Waals surface area contributed by atoms with E-state index in [0.29, 0.717) is 12.5 Å². The molecule has 0 spiro atoms. The van der Waals surface area contributed by atoms with Gasteiger partial charge in [-0.15, -0.1) is 0 Å². The third kappa shape index (κ3) is 4.00. The smallest absolute Gasteiger partial charge is 0.239 e. The van der Waals surface area contributed by atoms with E-state index in [9.17, 15) is 4.79 Å². The molecule has 1 fully saturated rings. The second-order valence-corrected chi connectivity index (χ2v) is 5.91. The fraction of sp³-hybridized carbons (Fsp3) is 0.417. The Morgan fingerprint density at radius 2 is 1.94 bits per heavy atom. The normalized spacial score (nSPS) is 14.5. The first-order valence-electron chi connectivity index (χ1n) is 5.61. The number of amides is 1. The fourth-order valence-electron chi connectivity index (χ4n) is 1.48. The van der Waals surface area contributed by atoms with Crippen molar-refractivity contribution in [1.82, 2.24) is 5.32 Å². The van der Waals surface area contributed by atoms with Crippen LogP contribution in [0.5, 0.6) is 0 Å². The first kappa shape index (κ1) is 12.9. The molecule has 92 valence electrons. The maximum atomic E-state index is 11.6. The number of rotatable bonds is 5. The van der Waals surface area contributed by atoms with Gasteiger partial charge < -0.3 is 10.6 Å². The van der Waals surface area contributed by atoms with Crippen molar-refractivity contribution in [3.8, 4) is 0 Å². The number of hydrogen-bond acceptors (Lipinski definition) is 2. The van der Waals surface area contributed by atoms with Gasteiger partial charge in [0.2, 0.25) is 5.91 Å². The van der Waals surface area contributed by atoms with Crippen LogP contribution in [0.1, 0.15) is 12.8 Å². The summed E-state index contributed by atoms with van der Waals surface area (Å²) < 4.78 is 1.89. The van der Waals surface area contributed by atoms with Gasteiger partial charge >= 0.3 is 0 Å². The van der Waals surface area contributed by atoms with E-state index in [1.165, 1.54) is 12.8 Å². The van der Waals surface area contributed by atoms with Crippen LogP contribution in [0.2, 0.25) is 0 Å². The summed E-state index contributed by atoms with van der Waals surface area (Å²) in [5.74, 6) is 0.758. The number of carbonyl (C=O) groups is 1. The lowest BCUT2D eigenvalue weighted by atomic mass is 10.3. The van der Waals surface area contributed by atoms with Crippen LogP contribution >= 0.6 is 31.9 Å². The Balaban J connectivity index is 1.81. The van der Waals surface area contributed by atoms with Gasteiger partial charge in [-0.1, -0.05) is 6.07 Å². The predicted molar refractivity (Wildman–Crippen MR) is 76.1 cm³/mol. The number of anilines is 1. The van der Waals surface area contributed by atoms with Crippen LogP contribution in [0.3, 0.4) is 0 Å². The topological polar surface area (TPSA) is 41.1 Å².